The van der Waals surface area contributed by atoms with Crippen LogP contribution in [-0.4, -0.2) is 47.7 Å². The van der Waals surface area contributed by atoms with Gasteiger partial charge in [-0.05, 0) is 19.3 Å². The molecule has 1 aliphatic heterocycles. The van der Waals surface area contributed by atoms with Gasteiger partial charge in [-0.2, -0.15) is 0 Å². The molecule has 21 heavy (non-hydrogen) atoms. The fourth-order valence-corrected chi connectivity index (χ4v) is 1.81. The summed E-state index contributed by atoms with van der Waals surface area (Å²) < 4.78 is 0. The van der Waals surface area contributed by atoms with Crippen LogP contribution in [0.3, 0.4) is 0 Å². The van der Waals surface area contributed by atoms with E-state index in [2.05, 4.69) is 5.32 Å². The lowest BCUT2D eigenvalue weighted by atomic mass is 10.1. The fourth-order valence-electron chi connectivity index (χ4n) is 1.81. The minimum Gasteiger partial charge on any atom is -0.368 e. The summed E-state index contributed by atoms with van der Waals surface area (Å²) in [5.74, 6) is -1.56. The number of nitrogens with zero attached hydrogens (tertiary/aromatic N) is 1. The first-order valence-electron chi connectivity index (χ1n) is 6.77. The molecule has 0 aromatic heterocycles. The van der Waals surface area contributed by atoms with Gasteiger partial charge in [-0.15, -0.1) is 0 Å². The van der Waals surface area contributed by atoms with E-state index in [0.29, 0.717) is 25.8 Å². The van der Waals surface area contributed by atoms with E-state index in [1.807, 2.05) is 0 Å². The van der Waals surface area contributed by atoms with E-state index in [-0.39, 0.29) is 18.9 Å². The van der Waals surface area contributed by atoms with E-state index in [9.17, 15) is 19.2 Å². The lowest BCUT2D eigenvalue weighted by Gasteiger charge is -2.13. The van der Waals surface area contributed by atoms with Crippen molar-refractivity contribution in [2.75, 3.05) is 13.1 Å². The third kappa shape index (κ3) is 5.74. The number of hydrogen-bond acceptors (Lipinski definition) is 5. The number of nitrogens with one attached hydrogen (secondary N) is 1. The first-order valence-corrected chi connectivity index (χ1v) is 6.77. The summed E-state index contributed by atoms with van der Waals surface area (Å²) in [7, 11) is 0. The monoisotopic (exact) mass is 296 g/mol. The average Bonchev–Trinajstić information content (AvgIpc) is 2.75. The molecule has 1 unspecified atom stereocenters. The van der Waals surface area contributed by atoms with Crippen LogP contribution in [0.15, 0.2) is 12.2 Å². The van der Waals surface area contributed by atoms with Gasteiger partial charge in [-0.3, -0.25) is 24.1 Å². The SMILES string of the molecule is NC(=O)C(N)CCCCNC(=O)CCN1C(=O)C=CC1=O. The molecule has 0 saturated carbocycles. The van der Waals surface area contributed by atoms with Gasteiger partial charge in [-0.25, -0.2) is 0 Å². The second-order valence-electron chi connectivity index (χ2n) is 4.77. The first kappa shape index (κ1) is 16.8. The van der Waals surface area contributed by atoms with Gasteiger partial charge in [0.15, 0.2) is 0 Å². The normalized spacial score (nSPS) is 15.4. The number of hydrogen-bond donors (Lipinski definition) is 3. The smallest absolute Gasteiger partial charge is 0.253 e. The van der Waals surface area contributed by atoms with Crippen LogP contribution in [-0.2, 0) is 19.2 Å². The van der Waals surface area contributed by atoms with E-state index in [1.54, 1.807) is 0 Å². The van der Waals surface area contributed by atoms with Crippen LogP contribution in [0.5, 0.6) is 0 Å². The van der Waals surface area contributed by atoms with Crippen molar-refractivity contribution in [2.24, 2.45) is 11.5 Å². The van der Waals surface area contributed by atoms with Crippen LogP contribution in [0.1, 0.15) is 25.7 Å². The molecule has 116 valence electrons. The number of unbranched alkanes of at least 4 members (excludes halogenated alkanes) is 1. The Kier molecular flexibility index (Phi) is 6.54. The number of primary amides is 1. The molecule has 1 aliphatic rings. The van der Waals surface area contributed by atoms with Gasteiger partial charge in [-0.1, -0.05) is 0 Å². The third-order valence-corrected chi connectivity index (χ3v) is 3.09. The van der Waals surface area contributed by atoms with Gasteiger partial charge in [0.1, 0.15) is 0 Å². The third-order valence-electron chi connectivity index (χ3n) is 3.09. The van der Waals surface area contributed by atoms with Crippen LogP contribution >= 0.6 is 0 Å². The second-order valence-corrected chi connectivity index (χ2v) is 4.77. The van der Waals surface area contributed by atoms with Crippen molar-refractivity contribution >= 4 is 23.6 Å². The molecule has 0 saturated heterocycles. The summed E-state index contributed by atoms with van der Waals surface area (Å²) in [6, 6.07) is -0.652. The molecule has 1 heterocycles. The molecule has 0 aliphatic carbocycles. The summed E-state index contributed by atoms with van der Waals surface area (Å²) >= 11 is 0. The highest BCUT2D eigenvalue weighted by Crippen LogP contribution is 2.04. The zero-order chi connectivity index (χ0) is 15.8. The fraction of sp³-hybridized carbons (Fsp3) is 0.538. The molecule has 4 amide bonds. The van der Waals surface area contributed by atoms with Crippen LogP contribution in [0, 0.1) is 0 Å². The summed E-state index contributed by atoms with van der Waals surface area (Å²) in [5, 5.41) is 2.67. The predicted octanol–water partition coefficient (Wildman–Crippen LogP) is -1.60. The first-order chi connectivity index (χ1) is 9.91. The Labute approximate surface area is 122 Å². The zero-order valence-electron chi connectivity index (χ0n) is 11.7. The number of carbonyl (C=O) groups excluding carboxylic acids is 4. The topological polar surface area (TPSA) is 136 Å². The van der Waals surface area contributed by atoms with Crippen molar-refractivity contribution in [1.82, 2.24) is 10.2 Å². The van der Waals surface area contributed by atoms with Crippen molar-refractivity contribution in [1.29, 1.82) is 0 Å². The molecular weight excluding hydrogens is 276 g/mol. The molecule has 1 rings (SSSR count). The Bertz CT molecular complexity index is 443. The highest BCUT2D eigenvalue weighted by Gasteiger charge is 2.23. The lowest BCUT2D eigenvalue weighted by molar-refractivity contribution is -0.137. The maximum absolute atomic E-state index is 11.5. The Morgan fingerprint density at radius 1 is 1.19 bits per heavy atom. The molecule has 0 aromatic rings. The van der Waals surface area contributed by atoms with E-state index in [1.165, 1.54) is 12.2 Å². The van der Waals surface area contributed by atoms with Crippen molar-refractivity contribution in [3.8, 4) is 0 Å². The summed E-state index contributed by atoms with van der Waals surface area (Å²) in [4.78, 5) is 45.8. The maximum atomic E-state index is 11.5. The molecular formula is C13H20N4O4. The standard InChI is InChI=1S/C13H20N4O4/c14-9(13(15)21)3-1-2-7-16-10(18)6-8-17-11(19)4-5-12(17)20/h4-5,9H,1-3,6-8,14H2,(H2,15,21)(H,16,18). The van der Waals surface area contributed by atoms with Crippen LogP contribution in [0.2, 0.25) is 0 Å². The lowest BCUT2D eigenvalue weighted by Crippen LogP contribution is -2.36. The largest absolute Gasteiger partial charge is 0.368 e. The highest BCUT2D eigenvalue weighted by molar-refractivity contribution is 6.13. The molecule has 0 spiro atoms. The molecule has 0 aromatic carbocycles. The quantitative estimate of drug-likeness (QED) is 0.348. The number of amides is 4. The molecule has 0 bridgehead atoms. The molecule has 8 nitrogen and oxygen atoms in total. The van der Waals surface area contributed by atoms with Gasteiger partial charge >= 0.3 is 0 Å². The van der Waals surface area contributed by atoms with Gasteiger partial charge in [0, 0.05) is 31.7 Å². The zero-order valence-corrected chi connectivity index (χ0v) is 11.7. The number of rotatable bonds is 9. The summed E-state index contributed by atoms with van der Waals surface area (Å²) in [5.41, 5.74) is 10.5. The Morgan fingerprint density at radius 2 is 1.81 bits per heavy atom. The molecule has 0 fully saturated rings. The summed E-state index contributed by atoms with van der Waals surface area (Å²) in [6.07, 6.45) is 4.27. The minimum absolute atomic E-state index is 0.0694. The van der Waals surface area contributed by atoms with Gasteiger partial charge in [0.25, 0.3) is 11.8 Å². The maximum Gasteiger partial charge on any atom is 0.253 e. The molecule has 8 heteroatoms. The van der Waals surface area contributed by atoms with Crippen molar-refractivity contribution in [3.63, 3.8) is 0 Å². The van der Waals surface area contributed by atoms with E-state index < -0.39 is 23.8 Å². The summed E-state index contributed by atoms with van der Waals surface area (Å²) in [6.45, 7) is 0.521. The van der Waals surface area contributed by atoms with Gasteiger partial charge < -0.3 is 16.8 Å². The highest BCUT2D eigenvalue weighted by atomic mass is 16.2. The number of carbonyl (C=O) groups is 4. The van der Waals surface area contributed by atoms with Crippen molar-refractivity contribution in [2.45, 2.75) is 31.7 Å². The Morgan fingerprint density at radius 3 is 2.38 bits per heavy atom. The van der Waals surface area contributed by atoms with E-state index in [0.717, 1.165) is 4.90 Å². The van der Waals surface area contributed by atoms with Crippen molar-refractivity contribution in [3.05, 3.63) is 12.2 Å². The van der Waals surface area contributed by atoms with Crippen LogP contribution in [0.25, 0.3) is 0 Å². The minimum atomic E-state index is -0.652. The number of imide groups is 1. The molecule has 0 radical (unpaired) electrons. The van der Waals surface area contributed by atoms with E-state index in [4.69, 9.17) is 11.5 Å². The Balaban J connectivity index is 2.08. The van der Waals surface area contributed by atoms with Crippen molar-refractivity contribution < 1.29 is 19.2 Å². The predicted molar refractivity (Wildman–Crippen MR) is 74.5 cm³/mol. The molecule has 1 atom stereocenters. The van der Waals surface area contributed by atoms with Crippen LogP contribution < -0.4 is 16.8 Å². The second kappa shape index (κ2) is 8.15. The average molecular weight is 296 g/mol. The van der Waals surface area contributed by atoms with Gasteiger partial charge in [0.2, 0.25) is 11.8 Å². The number of nitrogens with two attached hydrogens (primary N) is 2. The molecule has 5 N–H and O–H groups in total. The Hall–Kier alpha value is -2.22. The van der Waals surface area contributed by atoms with E-state index >= 15 is 0 Å². The van der Waals surface area contributed by atoms with Crippen LogP contribution in [0.4, 0.5) is 0 Å². The van der Waals surface area contributed by atoms with Gasteiger partial charge in [0.05, 0.1) is 6.04 Å².